The molecule has 0 N–H and O–H groups in total. The molecule has 1 saturated carbocycles. The summed E-state index contributed by atoms with van der Waals surface area (Å²) in [6, 6.07) is 10.00. The molecule has 2 amide bonds. The fourth-order valence-electron chi connectivity index (χ4n) is 5.63. The van der Waals surface area contributed by atoms with Gasteiger partial charge in [0.05, 0.1) is 23.1 Å². The molecule has 3 aliphatic rings. The molecule has 2 aromatic carbocycles. The Bertz CT molecular complexity index is 1530. The van der Waals surface area contributed by atoms with Crippen molar-refractivity contribution in [3.05, 3.63) is 58.9 Å². The number of fused-ring (bicyclic) bond motifs is 9. The smallest absolute Gasteiger partial charge is 0.410 e. The second-order valence-corrected chi connectivity index (χ2v) is 11.6. The van der Waals surface area contributed by atoms with Crippen molar-refractivity contribution in [1.29, 1.82) is 0 Å². The Balaban J connectivity index is 0.000000246. The van der Waals surface area contributed by atoms with Gasteiger partial charge in [0.1, 0.15) is 17.2 Å². The zero-order valence-electron chi connectivity index (χ0n) is 23.9. The second-order valence-electron chi connectivity index (χ2n) is 11.6. The summed E-state index contributed by atoms with van der Waals surface area (Å²) in [4.78, 5) is 32.6. The van der Waals surface area contributed by atoms with Crippen molar-refractivity contribution in [2.24, 2.45) is 0 Å². The van der Waals surface area contributed by atoms with E-state index in [9.17, 15) is 18.4 Å². The van der Waals surface area contributed by atoms with Crippen LogP contribution in [0.5, 0.6) is 5.75 Å². The molecule has 6 rings (SSSR count). The molecule has 3 heterocycles. The number of ether oxygens (including phenoxy) is 2. The van der Waals surface area contributed by atoms with E-state index in [1.807, 2.05) is 50.6 Å². The first-order chi connectivity index (χ1) is 19.4. The van der Waals surface area contributed by atoms with Gasteiger partial charge in [-0.2, -0.15) is 8.78 Å². The summed E-state index contributed by atoms with van der Waals surface area (Å²) in [5.74, 6) is 3.12. The predicted octanol–water partition coefficient (Wildman–Crippen LogP) is 6.78. The van der Waals surface area contributed by atoms with Crippen molar-refractivity contribution in [1.82, 2.24) is 19.4 Å². The average Bonchev–Trinajstić information content (AvgIpc) is 3.39. The number of amides is 2. The Labute approximate surface area is 245 Å². The zero-order chi connectivity index (χ0) is 29.6. The number of benzene rings is 2. The third-order valence-electron chi connectivity index (χ3n) is 7.88. The molecule has 0 radical (unpaired) electrons. The number of imidazole rings is 1. The van der Waals surface area contributed by atoms with Crippen LogP contribution in [0, 0.1) is 12.3 Å². The minimum atomic E-state index is -2.98. The summed E-state index contributed by atoms with van der Waals surface area (Å²) in [6.07, 6.45) is 9.36. The van der Waals surface area contributed by atoms with Crippen molar-refractivity contribution in [2.45, 2.75) is 84.2 Å². The summed E-state index contributed by atoms with van der Waals surface area (Å²) in [5.41, 5.74) is 2.73. The van der Waals surface area contributed by atoms with Gasteiger partial charge in [-0.15, -0.1) is 6.42 Å². The van der Waals surface area contributed by atoms with Crippen LogP contribution in [0.15, 0.2) is 36.4 Å². The lowest BCUT2D eigenvalue weighted by Crippen LogP contribution is -2.43. The highest BCUT2D eigenvalue weighted by Gasteiger charge is 2.45. The summed E-state index contributed by atoms with van der Waals surface area (Å²) in [7, 11) is 3.53. The van der Waals surface area contributed by atoms with E-state index in [-0.39, 0.29) is 42.9 Å². The number of alkyl halides is 2. The van der Waals surface area contributed by atoms with Crippen LogP contribution in [0.4, 0.5) is 13.6 Å². The number of hydrogen-bond donors (Lipinski definition) is 0. The molecule has 2 bridgehead atoms. The Morgan fingerprint density at radius 1 is 1.19 bits per heavy atom. The number of nitrogens with zero attached hydrogens (tertiary/aromatic N) is 4. The highest BCUT2D eigenvalue weighted by Crippen LogP contribution is 2.49. The van der Waals surface area contributed by atoms with E-state index in [1.165, 1.54) is 12.5 Å². The first-order valence-corrected chi connectivity index (χ1v) is 13.7. The highest BCUT2D eigenvalue weighted by molar-refractivity contribution is 5.97. The first kappa shape index (κ1) is 30.8. The minimum absolute atomic E-state index is 0. The van der Waals surface area contributed by atoms with Crippen molar-refractivity contribution in [3.63, 3.8) is 0 Å². The van der Waals surface area contributed by atoms with Gasteiger partial charge in [-0.1, -0.05) is 19.4 Å². The molecule has 8 nitrogen and oxygen atoms in total. The van der Waals surface area contributed by atoms with Gasteiger partial charge in [-0.25, -0.2) is 9.78 Å². The molecule has 0 spiro atoms. The van der Waals surface area contributed by atoms with Gasteiger partial charge in [0.25, 0.3) is 5.91 Å². The molecule has 10 heteroatoms. The number of carbonyl (C=O) groups is 2. The quantitative estimate of drug-likeness (QED) is 0.319. The van der Waals surface area contributed by atoms with Crippen LogP contribution in [0.2, 0.25) is 0 Å². The van der Waals surface area contributed by atoms with E-state index < -0.39 is 6.61 Å². The Morgan fingerprint density at radius 2 is 1.90 bits per heavy atom. The van der Waals surface area contributed by atoms with Gasteiger partial charge < -0.3 is 23.8 Å². The Morgan fingerprint density at radius 3 is 2.50 bits per heavy atom. The van der Waals surface area contributed by atoms with Crippen molar-refractivity contribution < 1.29 is 27.8 Å². The number of carbonyl (C=O) groups excluding carboxylic acids is 2. The maximum atomic E-state index is 13.0. The summed E-state index contributed by atoms with van der Waals surface area (Å²) >= 11 is 0. The largest absolute Gasteiger partial charge is 0.444 e. The second kappa shape index (κ2) is 11.6. The monoisotopic (exact) mass is 580 g/mol. The lowest BCUT2D eigenvalue weighted by atomic mass is 9.92. The molecule has 3 aromatic rings. The number of halogens is 2. The van der Waals surface area contributed by atoms with Crippen molar-refractivity contribution in [2.75, 3.05) is 14.1 Å². The molecule has 2 atom stereocenters. The number of terminal acetylenes is 1. The minimum Gasteiger partial charge on any atom is -0.444 e. The van der Waals surface area contributed by atoms with Crippen LogP contribution in [0.1, 0.15) is 93.3 Å². The molecule has 2 aliphatic heterocycles. The summed E-state index contributed by atoms with van der Waals surface area (Å²) < 4.78 is 38.1. The predicted molar refractivity (Wildman–Crippen MR) is 157 cm³/mol. The molecule has 42 heavy (non-hydrogen) atoms. The van der Waals surface area contributed by atoms with Crippen molar-refractivity contribution in [3.8, 4) is 18.1 Å². The van der Waals surface area contributed by atoms with Crippen LogP contribution in [-0.4, -0.2) is 63.7 Å². The Hall–Kier alpha value is -4.13. The van der Waals surface area contributed by atoms with Gasteiger partial charge in [0.15, 0.2) is 0 Å². The fraction of sp³-hybridized carbons (Fsp3) is 0.469. The van der Waals surface area contributed by atoms with E-state index >= 15 is 0 Å². The van der Waals surface area contributed by atoms with Crippen LogP contribution in [-0.2, 0) is 4.74 Å². The van der Waals surface area contributed by atoms with Crippen LogP contribution in [0.3, 0.4) is 0 Å². The average molecular weight is 581 g/mol. The topological polar surface area (TPSA) is 76.9 Å². The summed E-state index contributed by atoms with van der Waals surface area (Å²) in [6.45, 7) is 2.69. The molecule has 1 fully saturated rings. The van der Waals surface area contributed by atoms with Crippen LogP contribution >= 0.6 is 0 Å². The molecular formula is C32H38F2N4O4. The first-order valence-electron chi connectivity index (χ1n) is 13.7. The molecule has 224 valence electrons. The van der Waals surface area contributed by atoms with E-state index in [0.29, 0.717) is 29.2 Å². The third kappa shape index (κ3) is 5.65. The van der Waals surface area contributed by atoms with Crippen LogP contribution < -0.4 is 4.74 Å². The Kier molecular flexibility index (Phi) is 8.53. The van der Waals surface area contributed by atoms with Gasteiger partial charge >= 0.3 is 12.7 Å². The number of hydrogen-bond acceptors (Lipinski definition) is 5. The standard InChI is InChI=1S/C21H15F2N3O2.C10H19NO2.CH4/c1-3-11-7-8-13-14(9-11)26-15-10-16(19(26)24-13)25(2)20(27)12-5-4-6-17(18(12)15)28-21(22)23;1-10(2,3)13-9(12)11(4)8-6-5-7-8;/h1,4-9,15-16,21H,10H2,2H3;8H,5-7H2,1-4H3;1H4/t15-,16?;;/m1../s1. The molecule has 0 saturated heterocycles. The van der Waals surface area contributed by atoms with Gasteiger partial charge in [0, 0.05) is 43.2 Å². The fourth-order valence-corrected chi connectivity index (χ4v) is 5.63. The van der Waals surface area contributed by atoms with E-state index in [0.717, 1.165) is 29.7 Å². The van der Waals surface area contributed by atoms with E-state index in [4.69, 9.17) is 20.9 Å². The lowest BCUT2D eigenvalue weighted by Gasteiger charge is -2.35. The zero-order valence-corrected chi connectivity index (χ0v) is 23.9. The molecule has 1 unspecified atom stereocenters. The molecule has 1 aromatic heterocycles. The lowest BCUT2D eigenvalue weighted by molar-refractivity contribution is -0.0507. The maximum absolute atomic E-state index is 13.0. The normalized spacial score (nSPS) is 18.9. The maximum Gasteiger partial charge on any atom is 0.410 e. The van der Waals surface area contributed by atoms with Gasteiger partial charge in [0.2, 0.25) is 0 Å². The highest BCUT2D eigenvalue weighted by atomic mass is 19.3. The van der Waals surface area contributed by atoms with Crippen molar-refractivity contribution >= 4 is 23.0 Å². The molecule has 1 aliphatic carbocycles. The third-order valence-corrected chi connectivity index (χ3v) is 7.88. The van der Waals surface area contributed by atoms with Gasteiger partial charge in [-0.05, 0) is 70.4 Å². The van der Waals surface area contributed by atoms with Gasteiger partial charge in [-0.3, -0.25) is 4.79 Å². The number of aromatic nitrogens is 2. The van der Waals surface area contributed by atoms with Crippen LogP contribution in [0.25, 0.3) is 11.0 Å². The van der Waals surface area contributed by atoms with E-state index in [1.54, 1.807) is 29.0 Å². The summed E-state index contributed by atoms with van der Waals surface area (Å²) in [5, 5.41) is 0. The molecular weight excluding hydrogens is 542 g/mol. The number of rotatable bonds is 3. The van der Waals surface area contributed by atoms with E-state index in [2.05, 4.69) is 5.92 Å². The SMILES string of the molecule is C.C#Cc1ccc2nc3n(c2c1)[C@@H]1CC3N(C)C(=O)c2cccc(OC(F)F)c21.CN(C(=O)OC(C)(C)C)C1CCC1.